The Labute approximate surface area is 171 Å². The molecule has 2 aliphatic rings. The summed E-state index contributed by atoms with van der Waals surface area (Å²) < 4.78 is 11.7. The van der Waals surface area contributed by atoms with Gasteiger partial charge in [0.2, 0.25) is 0 Å². The van der Waals surface area contributed by atoms with Gasteiger partial charge in [0.1, 0.15) is 15.8 Å². The minimum atomic E-state index is -0.475. The Hall–Kier alpha value is -2.84. The van der Waals surface area contributed by atoms with Crippen molar-refractivity contribution in [3.05, 3.63) is 59.0 Å². The second-order valence-corrected chi connectivity index (χ2v) is 7.83. The molecule has 8 heteroatoms. The average Bonchev–Trinajstić information content (AvgIpc) is 2.88. The number of carbonyl (C=O) groups excluding carboxylic acids is 2. The Morgan fingerprint density at radius 1 is 1.25 bits per heavy atom. The molecule has 0 spiro atoms. The third-order valence-electron chi connectivity index (χ3n) is 4.17. The van der Waals surface area contributed by atoms with E-state index in [1.165, 1.54) is 11.8 Å². The molecule has 1 saturated heterocycles. The molecule has 4 rings (SSSR count). The number of nitrogens with one attached hydrogen (secondary N) is 1. The van der Waals surface area contributed by atoms with Crippen LogP contribution >= 0.6 is 24.0 Å². The van der Waals surface area contributed by atoms with Crippen LogP contribution in [0.15, 0.2) is 53.4 Å². The van der Waals surface area contributed by atoms with Crippen LogP contribution in [0.1, 0.15) is 12.0 Å². The average molecular weight is 412 g/mol. The third kappa shape index (κ3) is 4.02. The molecule has 1 fully saturated rings. The van der Waals surface area contributed by atoms with Gasteiger partial charge in [-0.1, -0.05) is 48.2 Å². The van der Waals surface area contributed by atoms with Gasteiger partial charge in [-0.05, 0) is 42.3 Å². The number of benzene rings is 2. The van der Waals surface area contributed by atoms with Crippen LogP contribution in [0.3, 0.4) is 0 Å². The van der Waals surface area contributed by atoms with Gasteiger partial charge < -0.3 is 14.8 Å². The number of para-hydroxylation sites is 1. The first-order valence-corrected chi connectivity index (χ1v) is 9.89. The molecule has 2 amide bonds. The van der Waals surface area contributed by atoms with Crippen LogP contribution in [0, 0.1) is 0 Å². The van der Waals surface area contributed by atoms with Gasteiger partial charge in [0.25, 0.3) is 5.91 Å². The van der Waals surface area contributed by atoms with Crippen molar-refractivity contribution in [1.82, 2.24) is 5.32 Å². The number of thioether (sulfide) groups is 1. The highest BCUT2D eigenvalue weighted by Gasteiger charge is 2.25. The zero-order valence-corrected chi connectivity index (χ0v) is 16.3. The lowest BCUT2D eigenvalue weighted by molar-refractivity contribution is -0.115. The van der Waals surface area contributed by atoms with Crippen molar-refractivity contribution in [2.75, 3.05) is 18.1 Å². The number of nitrogens with zero attached hydrogens (tertiary/aromatic N) is 1. The van der Waals surface area contributed by atoms with Gasteiger partial charge in [0.05, 0.1) is 17.2 Å². The number of ether oxygens (including phenoxy) is 2. The van der Waals surface area contributed by atoms with E-state index in [0.29, 0.717) is 46.0 Å². The molecule has 0 radical (unpaired) electrons. The molecule has 0 aliphatic carbocycles. The molecule has 0 unspecified atom stereocenters. The van der Waals surface area contributed by atoms with Gasteiger partial charge in [-0.3, -0.25) is 9.69 Å². The molecule has 0 atom stereocenters. The van der Waals surface area contributed by atoms with Crippen molar-refractivity contribution in [3.8, 4) is 11.5 Å². The molecule has 6 nitrogen and oxygen atoms in total. The Morgan fingerprint density at radius 3 is 2.82 bits per heavy atom. The normalized spacial score (nSPS) is 17.6. The molecule has 2 aliphatic heterocycles. The minimum absolute atomic E-state index is 0.221. The third-order valence-corrected chi connectivity index (χ3v) is 5.33. The van der Waals surface area contributed by atoms with Crippen LogP contribution < -0.4 is 19.7 Å². The molecule has 2 aromatic rings. The zero-order valence-electron chi connectivity index (χ0n) is 14.7. The summed E-state index contributed by atoms with van der Waals surface area (Å²) in [4.78, 5) is 26.8. The molecule has 2 aromatic carbocycles. The van der Waals surface area contributed by atoms with Crippen molar-refractivity contribution in [1.29, 1.82) is 0 Å². The topological polar surface area (TPSA) is 67.9 Å². The van der Waals surface area contributed by atoms with Crippen LogP contribution in [-0.2, 0) is 4.79 Å². The summed E-state index contributed by atoms with van der Waals surface area (Å²) in [6.07, 6.45) is 1.95. The zero-order chi connectivity index (χ0) is 19.5. The van der Waals surface area contributed by atoms with Crippen molar-refractivity contribution >= 4 is 52.1 Å². The van der Waals surface area contributed by atoms with Gasteiger partial charge in [-0.25, -0.2) is 4.79 Å². The summed E-state index contributed by atoms with van der Waals surface area (Å²) in [6.45, 7) is 0.979. The van der Waals surface area contributed by atoms with Gasteiger partial charge >= 0.3 is 6.09 Å². The summed E-state index contributed by atoms with van der Waals surface area (Å²) in [5.74, 6) is 0.857. The fraction of sp³-hybridized carbons (Fsp3) is 0.150. The summed E-state index contributed by atoms with van der Waals surface area (Å²) in [5.41, 5.74) is 1.38. The second kappa shape index (κ2) is 8.04. The van der Waals surface area contributed by atoms with Crippen LogP contribution in [0.4, 0.5) is 10.5 Å². The maximum Gasteiger partial charge on any atom is 0.419 e. The van der Waals surface area contributed by atoms with Crippen molar-refractivity contribution in [3.63, 3.8) is 0 Å². The highest BCUT2D eigenvalue weighted by Crippen LogP contribution is 2.34. The number of hydrogen-bond donors (Lipinski definition) is 1. The van der Waals surface area contributed by atoms with Gasteiger partial charge in [-0.15, -0.1) is 0 Å². The second-order valence-electron chi connectivity index (χ2n) is 6.11. The van der Waals surface area contributed by atoms with Crippen molar-refractivity contribution < 1.29 is 19.1 Å². The molecule has 2 heterocycles. The fourth-order valence-electron chi connectivity index (χ4n) is 2.89. The van der Waals surface area contributed by atoms with Crippen LogP contribution in [0.25, 0.3) is 6.08 Å². The number of carbonyl (C=O) groups is 2. The molecule has 142 valence electrons. The molecule has 28 heavy (non-hydrogen) atoms. The lowest BCUT2D eigenvalue weighted by Crippen LogP contribution is -2.34. The summed E-state index contributed by atoms with van der Waals surface area (Å²) in [7, 11) is 0. The number of fused-ring (bicyclic) bond motifs is 1. The van der Waals surface area contributed by atoms with Crippen molar-refractivity contribution in [2.24, 2.45) is 0 Å². The monoisotopic (exact) mass is 412 g/mol. The maximum atomic E-state index is 12.8. The smallest absolute Gasteiger partial charge is 0.419 e. The first-order valence-electron chi connectivity index (χ1n) is 8.66. The van der Waals surface area contributed by atoms with E-state index in [1.807, 2.05) is 18.2 Å². The SMILES string of the molecule is O=C1NC(=S)SC1=Cc1ccc2c(c1)N(C(=O)Oc1ccccc1)CCCO2. The number of anilines is 1. The summed E-state index contributed by atoms with van der Waals surface area (Å²) in [6, 6.07) is 14.4. The Balaban J connectivity index is 1.64. The van der Waals surface area contributed by atoms with E-state index in [1.54, 1.807) is 41.3 Å². The Kier molecular flexibility index (Phi) is 5.31. The summed E-state index contributed by atoms with van der Waals surface area (Å²) >= 11 is 6.23. The predicted octanol–water partition coefficient (Wildman–Crippen LogP) is 3.96. The molecular weight excluding hydrogens is 396 g/mol. The fourth-order valence-corrected chi connectivity index (χ4v) is 3.93. The van der Waals surface area contributed by atoms with Gasteiger partial charge in [0, 0.05) is 6.54 Å². The number of amides is 2. The molecule has 1 N–H and O–H groups in total. The van der Waals surface area contributed by atoms with E-state index in [4.69, 9.17) is 21.7 Å². The van der Waals surface area contributed by atoms with E-state index in [2.05, 4.69) is 5.32 Å². The summed E-state index contributed by atoms with van der Waals surface area (Å²) in [5, 5.41) is 2.59. The quantitative estimate of drug-likeness (QED) is 0.595. The minimum Gasteiger partial charge on any atom is -0.491 e. The molecule has 0 saturated carbocycles. The standard InChI is InChI=1S/C20H16N2O4S2/c23-18-17(28-19(27)21-18)12-13-7-8-16-15(11-13)22(9-4-10-25-16)20(24)26-14-5-2-1-3-6-14/h1-3,5-8,11-12H,4,9-10H2,(H,21,23,27). The van der Waals surface area contributed by atoms with Crippen LogP contribution in [-0.4, -0.2) is 29.5 Å². The van der Waals surface area contributed by atoms with Crippen molar-refractivity contribution in [2.45, 2.75) is 6.42 Å². The Bertz CT molecular complexity index is 975. The van der Waals surface area contributed by atoms with E-state index in [0.717, 1.165) is 5.56 Å². The first kappa shape index (κ1) is 18.5. The number of rotatable bonds is 2. The van der Waals surface area contributed by atoms with Gasteiger partial charge in [0.15, 0.2) is 0 Å². The molecule has 0 aromatic heterocycles. The largest absolute Gasteiger partial charge is 0.491 e. The number of hydrogen-bond acceptors (Lipinski definition) is 6. The van der Waals surface area contributed by atoms with Gasteiger partial charge in [-0.2, -0.15) is 0 Å². The van der Waals surface area contributed by atoms with E-state index >= 15 is 0 Å². The first-order chi connectivity index (χ1) is 13.6. The maximum absolute atomic E-state index is 12.8. The lowest BCUT2D eigenvalue weighted by atomic mass is 10.1. The van der Waals surface area contributed by atoms with E-state index in [-0.39, 0.29) is 5.91 Å². The predicted molar refractivity (Wildman–Crippen MR) is 113 cm³/mol. The molecule has 0 bridgehead atoms. The van der Waals surface area contributed by atoms with Crippen LogP contribution in [0.2, 0.25) is 0 Å². The lowest BCUT2D eigenvalue weighted by Gasteiger charge is -2.21. The highest BCUT2D eigenvalue weighted by atomic mass is 32.2. The Morgan fingerprint density at radius 2 is 2.07 bits per heavy atom. The van der Waals surface area contributed by atoms with E-state index < -0.39 is 6.09 Å². The number of thiocarbonyl (C=S) groups is 1. The molecular formula is C20H16N2O4S2. The highest BCUT2D eigenvalue weighted by molar-refractivity contribution is 8.26. The van der Waals surface area contributed by atoms with E-state index in [9.17, 15) is 9.59 Å². The van der Waals surface area contributed by atoms with Crippen LogP contribution in [0.5, 0.6) is 11.5 Å².